The molecule has 0 atom stereocenters. The van der Waals surface area contributed by atoms with Crippen molar-refractivity contribution in [3.8, 4) is 0 Å². The Balaban J connectivity index is 3.03. The van der Waals surface area contributed by atoms with Gasteiger partial charge in [-0.25, -0.2) is 0 Å². The van der Waals surface area contributed by atoms with Crippen molar-refractivity contribution < 1.29 is 13.2 Å². The minimum absolute atomic E-state index is 0.0433. The van der Waals surface area contributed by atoms with Crippen LogP contribution < -0.4 is 5.43 Å². The van der Waals surface area contributed by atoms with E-state index < -0.39 is 22.9 Å². The van der Waals surface area contributed by atoms with Crippen LogP contribution in [0.4, 0.5) is 13.2 Å². The molecular formula is C11H5BrCl2F3NO. The molecule has 2 rings (SSSR count). The van der Waals surface area contributed by atoms with E-state index in [1.165, 1.54) is 6.07 Å². The van der Waals surface area contributed by atoms with Crippen molar-refractivity contribution in [1.82, 2.24) is 4.98 Å². The maximum Gasteiger partial charge on any atom is 0.431 e. The number of benzene rings is 1. The number of nitrogens with one attached hydrogen (secondary N) is 1. The van der Waals surface area contributed by atoms with E-state index in [9.17, 15) is 18.0 Å². The Bertz CT molecular complexity index is 740. The zero-order valence-electron chi connectivity index (χ0n) is 9.25. The Morgan fingerprint density at radius 1 is 1.26 bits per heavy atom. The largest absolute Gasteiger partial charge is 0.431 e. The smallest absolute Gasteiger partial charge is 0.349 e. The fourth-order valence-electron chi connectivity index (χ4n) is 1.71. The zero-order chi connectivity index (χ0) is 14.5. The van der Waals surface area contributed by atoms with Gasteiger partial charge in [0, 0.05) is 15.4 Å². The topological polar surface area (TPSA) is 32.9 Å². The number of aromatic nitrogens is 1. The summed E-state index contributed by atoms with van der Waals surface area (Å²) in [6.07, 6.45) is -4.67. The number of hydrogen-bond acceptors (Lipinski definition) is 1. The first-order valence-corrected chi connectivity index (χ1v) is 6.46. The average Bonchev–Trinajstić information content (AvgIpc) is 2.30. The number of alkyl halides is 3. The zero-order valence-corrected chi connectivity index (χ0v) is 12.4. The minimum Gasteiger partial charge on any atom is -0.349 e. The first kappa shape index (κ1) is 14.7. The maximum atomic E-state index is 12.8. The van der Waals surface area contributed by atoms with Crippen LogP contribution in [0, 0.1) is 6.92 Å². The standard InChI is InChI=1S/C11H5BrCl2F3NO/c1-3-9(19)4-2-5(12)6(13)7(14)8(4)18-10(3)11(15,16)17/h2H,1H3,(H,18,19). The fraction of sp³-hybridized carbons (Fsp3) is 0.182. The predicted octanol–water partition coefficient (Wildman–Crippen LogP) is 4.92. The van der Waals surface area contributed by atoms with Crippen molar-refractivity contribution in [3.63, 3.8) is 0 Å². The van der Waals surface area contributed by atoms with Crippen molar-refractivity contribution >= 4 is 50.0 Å². The lowest BCUT2D eigenvalue weighted by Gasteiger charge is -2.13. The second-order valence-corrected chi connectivity index (χ2v) is 5.47. The number of hydrogen-bond donors (Lipinski definition) is 1. The maximum absolute atomic E-state index is 12.8. The van der Waals surface area contributed by atoms with Gasteiger partial charge in [-0.1, -0.05) is 23.2 Å². The SMILES string of the molecule is Cc1c(C(F)(F)F)[nH]c2c(Cl)c(Cl)c(Br)cc2c1=O. The molecule has 1 heterocycles. The minimum atomic E-state index is -4.67. The monoisotopic (exact) mass is 373 g/mol. The van der Waals surface area contributed by atoms with E-state index in [1.807, 2.05) is 0 Å². The molecule has 0 fully saturated rings. The van der Waals surface area contributed by atoms with Crippen LogP contribution in [-0.4, -0.2) is 4.98 Å². The van der Waals surface area contributed by atoms with Gasteiger partial charge in [-0.3, -0.25) is 4.79 Å². The summed E-state index contributed by atoms with van der Waals surface area (Å²) in [6, 6.07) is 1.34. The lowest BCUT2D eigenvalue weighted by molar-refractivity contribution is -0.141. The molecule has 0 spiro atoms. The number of H-pyrrole nitrogens is 1. The van der Waals surface area contributed by atoms with Gasteiger partial charge in [0.2, 0.25) is 0 Å². The van der Waals surface area contributed by atoms with Crippen molar-refractivity contribution in [2.75, 3.05) is 0 Å². The normalized spacial score (nSPS) is 12.2. The third-order valence-corrected chi connectivity index (χ3v) is 4.38. The molecule has 0 aliphatic rings. The number of halogens is 6. The molecule has 1 N–H and O–H groups in total. The van der Waals surface area contributed by atoms with Crippen LogP contribution in [0.1, 0.15) is 11.3 Å². The van der Waals surface area contributed by atoms with Crippen LogP contribution in [0.3, 0.4) is 0 Å². The van der Waals surface area contributed by atoms with Crippen LogP contribution >= 0.6 is 39.1 Å². The number of aromatic amines is 1. The van der Waals surface area contributed by atoms with Gasteiger partial charge >= 0.3 is 6.18 Å². The van der Waals surface area contributed by atoms with Crippen LogP contribution in [0.5, 0.6) is 0 Å². The highest BCUT2D eigenvalue weighted by Crippen LogP contribution is 2.37. The summed E-state index contributed by atoms with van der Waals surface area (Å²) in [5.74, 6) is 0. The van der Waals surface area contributed by atoms with E-state index >= 15 is 0 Å². The first-order chi connectivity index (χ1) is 8.64. The molecule has 19 heavy (non-hydrogen) atoms. The summed E-state index contributed by atoms with van der Waals surface area (Å²) < 4.78 is 38.8. The van der Waals surface area contributed by atoms with Crippen molar-refractivity contribution in [2.45, 2.75) is 13.1 Å². The van der Waals surface area contributed by atoms with Crippen molar-refractivity contribution in [2.24, 2.45) is 0 Å². The molecule has 0 aliphatic carbocycles. The van der Waals surface area contributed by atoms with E-state index in [0.717, 1.165) is 6.92 Å². The molecule has 0 radical (unpaired) electrons. The van der Waals surface area contributed by atoms with Crippen LogP contribution in [0.25, 0.3) is 10.9 Å². The lowest BCUT2D eigenvalue weighted by atomic mass is 10.1. The molecule has 102 valence electrons. The fourth-order valence-corrected chi connectivity index (χ4v) is 2.66. The predicted molar refractivity (Wildman–Crippen MR) is 72.0 cm³/mol. The van der Waals surface area contributed by atoms with E-state index in [-0.39, 0.29) is 20.9 Å². The molecule has 2 nitrogen and oxygen atoms in total. The summed E-state index contributed by atoms with van der Waals surface area (Å²) >= 11 is 14.8. The molecule has 0 amide bonds. The lowest BCUT2D eigenvalue weighted by Crippen LogP contribution is -2.19. The number of fused-ring (bicyclic) bond motifs is 1. The summed E-state index contributed by atoms with van der Waals surface area (Å²) in [5, 5.41) is -0.0396. The van der Waals surface area contributed by atoms with Gasteiger partial charge in [0.1, 0.15) is 5.69 Å². The van der Waals surface area contributed by atoms with Gasteiger partial charge in [0.05, 0.1) is 15.6 Å². The average molecular weight is 375 g/mol. The Labute approximate surface area is 123 Å². The highest BCUT2D eigenvalue weighted by Gasteiger charge is 2.35. The highest BCUT2D eigenvalue weighted by molar-refractivity contribution is 9.10. The van der Waals surface area contributed by atoms with Crippen molar-refractivity contribution in [3.05, 3.63) is 42.1 Å². The third kappa shape index (κ3) is 2.37. The summed E-state index contributed by atoms with van der Waals surface area (Å²) in [4.78, 5) is 14.1. The second-order valence-electron chi connectivity index (χ2n) is 3.86. The summed E-state index contributed by atoms with van der Waals surface area (Å²) in [6.45, 7) is 1.11. The van der Waals surface area contributed by atoms with E-state index in [2.05, 4.69) is 20.9 Å². The Hall–Kier alpha value is -0.720. The summed E-state index contributed by atoms with van der Waals surface area (Å²) in [7, 11) is 0. The van der Waals surface area contributed by atoms with E-state index in [0.29, 0.717) is 4.47 Å². The molecule has 2 aromatic rings. The van der Waals surface area contributed by atoms with E-state index in [1.54, 1.807) is 0 Å². The Morgan fingerprint density at radius 3 is 2.37 bits per heavy atom. The first-order valence-electron chi connectivity index (χ1n) is 4.92. The Morgan fingerprint density at radius 2 is 1.84 bits per heavy atom. The second kappa shape index (κ2) is 4.68. The van der Waals surface area contributed by atoms with Gasteiger partial charge in [0.15, 0.2) is 5.43 Å². The molecule has 0 saturated carbocycles. The molecule has 8 heteroatoms. The third-order valence-electron chi connectivity index (χ3n) is 2.66. The highest BCUT2D eigenvalue weighted by atomic mass is 79.9. The van der Waals surface area contributed by atoms with Crippen LogP contribution in [-0.2, 0) is 6.18 Å². The molecule has 0 unspecified atom stereocenters. The van der Waals surface area contributed by atoms with Gasteiger partial charge in [-0.2, -0.15) is 13.2 Å². The Kier molecular flexibility index (Phi) is 3.62. The molecule has 1 aromatic heterocycles. The van der Waals surface area contributed by atoms with Gasteiger partial charge in [-0.15, -0.1) is 0 Å². The quantitative estimate of drug-likeness (QED) is 0.652. The molecule has 0 saturated heterocycles. The van der Waals surface area contributed by atoms with Gasteiger partial charge in [0.25, 0.3) is 0 Å². The van der Waals surface area contributed by atoms with E-state index in [4.69, 9.17) is 23.2 Å². The molecule has 0 aliphatic heterocycles. The molecule has 0 bridgehead atoms. The molecular weight excluding hydrogens is 370 g/mol. The molecule has 1 aromatic carbocycles. The summed E-state index contributed by atoms with van der Waals surface area (Å²) in [5.41, 5.74) is -2.39. The van der Waals surface area contributed by atoms with Crippen LogP contribution in [0.2, 0.25) is 10.0 Å². The number of rotatable bonds is 0. The number of pyridine rings is 1. The van der Waals surface area contributed by atoms with Crippen molar-refractivity contribution in [1.29, 1.82) is 0 Å². The van der Waals surface area contributed by atoms with Gasteiger partial charge < -0.3 is 4.98 Å². The van der Waals surface area contributed by atoms with Crippen LogP contribution in [0.15, 0.2) is 15.3 Å². The van der Waals surface area contributed by atoms with Gasteiger partial charge in [-0.05, 0) is 28.9 Å².